The van der Waals surface area contributed by atoms with Gasteiger partial charge in [-0.2, -0.15) is 0 Å². The van der Waals surface area contributed by atoms with Crippen molar-refractivity contribution in [1.82, 2.24) is 9.97 Å². The standard InChI is InChI=1S/C15H16FN3O2S/c1-2-22(20,21)19-14-7-10(16)6-13-11(14)4-3-5-12(13)15-8-17-9-18-15/h5-9,19H,2-4H2,1H3,(H,17,18). The lowest BCUT2D eigenvalue weighted by Gasteiger charge is -2.21. The Labute approximate surface area is 128 Å². The van der Waals surface area contributed by atoms with Crippen LogP contribution in [0, 0.1) is 5.82 Å². The van der Waals surface area contributed by atoms with Crippen molar-refractivity contribution in [2.24, 2.45) is 0 Å². The molecular weight excluding hydrogens is 305 g/mol. The van der Waals surface area contributed by atoms with E-state index < -0.39 is 15.8 Å². The van der Waals surface area contributed by atoms with Crippen molar-refractivity contribution < 1.29 is 12.8 Å². The number of fused-ring (bicyclic) bond motifs is 1. The fraction of sp³-hybridized carbons (Fsp3) is 0.267. The number of hydrogen-bond donors (Lipinski definition) is 2. The molecule has 2 aromatic rings. The molecule has 0 atom stereocenters. The number of hydrogen-bond acceptors (Lipinski definition) is 3. The molecule has 1 heterocycles. The predicted octanol–water partition coefficient (Wildman–Crippen LogP) is 2.69. The molecule has 1 aromatic carbocycles. The Bertz CT molecular complexity index is 827. The Morgan fingerprint density at radius 1 is 1.41 bits per heavy atom. The quantitative estimate of drug-likeness (QED) is 0.909. The normalized spacial score (nSPS) is 14.4. The first-order valence-electron chi connectivity index (χ1n) is 7.02. The largest absolute Gasteiger partial charge is 0.345 e. The Morgan fingerprint density at radius 3 is 2.91 bits per heavy atom. The minimum absolute atomic E-state index is 0.0540. The van der Waals surface area contributed by atoms with E-state index in [2.05, 4.69) is 14.7 Å². The van der Waals surface area contributed by atoms with Gasteiger partial charge < -0.3 is 4.98 Å². The summed E-state index contributed by atoms with van der Waals surface area (Å²) in [5.41, 5.74) is 3.46. The summed E-state index contributed by atoms with van der Waals surface area (Å²) in [6.07, 6.45) is 6.65. The van der Waals surface area contributed by atoms with Gasteiger partial charge in [0.05, 0.1) is 29.7 Å². The van der Waals surface area contributed by atoms with Gasteiger partial charge in [0.2, 0.25) is 10.0 Å². The van der Waals surface area contributed by atoms with Gasteiger partial charge in [0, 0.05) is 5.57 Å². The first-order chi connectivity index (χ1) is 10.5. The number of aromatic amines is 1. The van der Waals surface area contributed by atoms with Crippen LogP contribution in [0.15, 0.2) is 30.7 Å². The molecule has 3 rings (SSSR count). The number of H-pyrrole nitrogens is 1. The number of sulfonamides is 1. The molecule has 5 nitrogen and oxygen atoms in total. The van der Waals surface area contributed by atoms with Crippen LogP contribution in [0.4, 0.5) is 10.1 Å². The van der Waals surface area contributed by atoms with E-state index in [-0.39, 0.29) is 5.75 Å². The molecule has 0 saturated heterocycles. The molecule has 116 valence electrons. The number of rotatable bonds is 4. The molecule has 0 spiro atoms. The Morgan fingerprint density at radius 2 is 2.23 bits per heavy atom. The summed E-state index contributed by atoms with van der Waals surface area (Å²) in [5.74, 6) is -0.526. The number of anilines is 1. The van der Waals surface area contributed by atoms with E-state index in [1.165, 1.54) is 12.1 Å². The van der Waals surface area contributed by atoms with E-state index in [0.717, 1.165) is 23.3 Å². The van der Waals surface area contributed by atoms with Crippen molar-refractivity contribution in [2.75, 3.05) is 10.5 Å². The van der Waals surface area contributed by atoms with Crippen molar-refractivity contribution in [1.29, 1.82) is 0 Å². The summed E-state index contributed by atoms with van der Waals surface area (Å²) in [6.45, 7) is 1.55. The number of benzene rings is 1. The first kappa shape index (κ1) is 14.8. The average molecular weight is 321 g/mol. The van der Waals surface area contributed by atoms with E-state index >= 15 is 0 Å². The SMILES string of the molecule is CCS(=O)(=O)Nc1cc(F)cc2c1CCC=C2c1cnc[nH]1. The van der Waals surface area contributed by atoms with E-state index in [1.54, 1.807) is 19.4 Å². The second kappa shape index (κ2) is 5.57. The molecule has 1 aliphatic carbocycles. The monoisotopic (exact) mass is 321 g/mol. The predicted molar refractivity (Wildman–Crippen MR) is 83.5 cm³/mol. The second-order valence-electron chi connectivity index (χ2n) is 5.11. The molecule has 0 unspecified atom stereocenters. The van der Waals surface area contributed by atoms with Gasteiger partial charge in [-0.15, -0.1) is 0 Å². The summed E-state index contributed by atoms with van der Waals surface area (Å²) in [6, 6.07) is 2.67. The second-order valence-corrected chi connectivity index (χ2v) is 7.12. The Balaban J connectivity index is 2.12. The molecular formula is C15H16FN3O2S. The van der Waals surface area contributed by atoms with Crippen LogP contribution >= 0.6 is 0 Å². The fourth-order valence-electron chi connectivity index (χ4n) is 2.61. The summed E-state index contributed by atoms with van der Waals surface area (Å²) in [7, 11) is -3.45. The summed E-state index contributed by atoms with van der Waals surface area (Å²) in [5, 5.41) is 0. The van der Waals surface area contributed by atoms with Crippen molar-refractivity contribution in [3.05, 3.63) is 53.4 Å². The molecule has 0 saturated carbocycles. The van der Waals surface area contributed by atoms with Gasteiger partial charge in [-0.05, 0) is 43.0 Å². The zero-order valence-corrected chi connectivity index (χ0v) is 12.9. The van der Waals surface area contributed by atoms with Crippen LogP contribution in [0.25, 0.3) is 5.57 Å². The highest BCUT2D eigenvalue weighted by atomic mass is 32.2. The van der Waals surface area contributed by atoms with Crippen molar-refractivity contribution in [3.8, 4) is 0 Å². The summed E-state index contributed by atoms with van der Waals surface area (Å²) >= 11 is 0. The van der Waals surface area contributed by atoms with Gasteiger partial charge in [0.15, 0.2) is 0 Å². The third kappa shape index (κ3) is 2.76. The van der Waals surface area contributed by atoms with Gasteiger partial charge >= 0.3 is 0 Å². The third-order valence-electron chi connectivity index (χ3n) is 3.68. The molecule has 0 fully saturated rings. The lowest BCUT2D eigenvalue weighted by atomic mass is 9.88. The molecule has 1 aromatic heterocycles. The average Bonchev–Trinajstić information content (AvgIpc) is 3.00. The van der Waals surface area contributed by atoms with E-state index in [0.29, 0.717) is 17.7 Å². The molecule has 0 amide bonds. The first-order valence-corrected chi connectivity index (χ1v) is 8.67. The number of nitrogens with zero attached hydrogens (tertiary/aromatic N) is 1. The fourth-order valence-corrected chi connectivity index (χ4v) is 3.27. The van der Waals surface area contributed by atoms with Crippen molar-refractivity contribution >= 4 is 21.3 Å². The molecule has 2 N–H and O–H groups in total. The van der Waals surface area contributed by atoms with Crippen LogP contribution in [-0.2, 0) is 16.4 Å². The maximum atomic E-state index is 14.0. The minimum atomic E-state index is -3.45. The Hall–Kier alpha value is -2.15. The van der Waals surface area contributed by atoms with Gasteiger partial charge in [0.1, 0.15) is 5.82 Å². The van der Waals surface area contributed by atoms with Crippen LogP contribution in [-0.4, -0.2) is 24.1 Å². The van der Waals surface area contributed by atoms with E-state index in [1.807, 2.05) is 6.08 Å². The minimum Gasteiger partial charge on any atom is -0.345 e. The number of imidazole rings is 1. The smallest absolute Gasteiger partial charge is 0.232 e. The molecule has 22 heavy (non-hydrogen) atoms. The number of aromatic nitrogens is 2. The van der Waals surface area contributed by atoms with E-state index in [4.69, 9.17) is 0 Å². The number of allylic oxidation sites excluding steroid dienone is 1. The zero-order chi connectivity index (χ0) is 15.7. The lowest BCUT2D eigenvalue weighted by Crippen LogP contribution is -2.17. The van der Waals surface area contributed by atoms with Gasteiger partial charge in [0.25, 0.3) is 0 Å². The maximum Gasteiger partial charge on any atom is 0.232 e. The van der Waals surface area contributed by atoms with Crippen molar-refractivity contribution in [3.63, 3.8) is 0 Å². The molecule has 0 radical (unpaired) electrons. The van der Waals surface area contributed by atoms with Gasteiger partial charge in [-0.25, -0.2) is 17.8 Å². The number of halogens is 1. The van der Waals surface area contributed by atoms with Crippen LogP contribution in [0.1, 0.15) is 30.2 Å². The van der Waals surface area contributed by atoms with E-state index in [9.17, 15) is 12.8 Å². The topological polar surface area (TPSA) is 74.8 Å². The summed E-state index contributed by atoms with van der Waals surface area (Å²) in [4.78, 5) is 6.99. The van der Waals surface area contributed by atoms with Crippen molar-refractivity contribution in [2.45, 2.75) is 19.8 Å². The van der Waals surface area contributed by atoms with Crippen LogP contribution in [0.5, 0.6) is 0 Å². The zero-order valence-electron chi connectivity index (χ0n) is 12.1. The third-order valence-corrected chi connectivity index (χ3v) is 4.97. The highest BCUT2D eigenvalue weighted by Crippen LogP contribution is 2.35. The van der Waals surface area contributed by atoms with Gasteiger partial charge in [-0.3, -0.25) is 4.72 Å². The highest BCUT2D eigenvalue weighted by Gasteiger charge is 2.21. The maximum absolute atomic E-state index is 14.0. The lowest BCUT2D eigenvalue weighted by molar-refractivity contribution is 0.602. The highest BCUT2D eigenvalue weighted by molar-refractivity contribution is 7.92. The Kier molecular flexibility index (Phi) is 3.74. The van der Waals surface area contributed by atoms with Crippen LogP contribution < -0.4 is 4.72 Å². The molecule has 0 bridgehead atoms. The number of nitrogens with one attached hydrogen (secondary N) is 2. The molecule has 1 aliphatic rings. The van der Waals surface area contributed by atoms with Crippen LogP contribution in [0.2, 0.25) is 0 Å². The molecule has 7 heteroatoms. The molecule has 0 aliphatic heterocycles. The van der Waals surface area contributed by atoms with Crippen LogP contribution in [0.3, 0.4) is 0 Å². The summed E-state index contributed by atoms with van der Waals surface area (Å²) < 4.78 is 40.1. The van der Waals surface area contributed by atoms with Gasteiger partial charge in [-0.1, -0.05) is 6.08 Å².